The summed E-state index contributed by atoms with van der Waals surface area (Å²) in [4.78, 5) is 4.89. The summed E-state index contributed by atoms with van der Waals surface area (Å²) in [5.41, 5.74) is 2.65. The second kappa shape index (κ2) is 5.89. The molecule has 1 N–H and O–H groups in total. The zero-order chi connectivity index (χ0) is 14.4. The van der Waals surface area contributed by atoms with Gasteiger partial charge >= 0.3 is 0 Å². The number of nitrogens with one attached hydrogen (secondary N) is 1. The summed E-state index contributed by atoms with van der Waals surface area (Å²) >= 11 is 0. The average Bonchev–Trinajstić information content (AvgIpc) is 3.22. The number of benzene rings is 1. The molecule has 0 bridgehead atoms. The van der Waals surface area contributed by atoms with Crippen molar-refractivity contribution < 1.29 is 4.39 Å². The Morgan fingerprint density at radius 2 is 2.09 bits per heavy atom. The number of hydrogen-bond acceptors (Lipinski definition) is 3. The van der Waals surface area contributed by atoms with Crippen LogP contribution in [0.15, 0.2) is 18.2 Å². The van der Waals surface area contributed by atoms with Gasteiger partial charge in [0.1, 0.15) is 5.82 Å². The van der Waals surface area contributed by atoms with Gasteiger partial charge in [-0.1, -0.05) is 6.92 Å². The minimum absolute atomic E-state index is 0. The molecule has 22 heavy (non-hydrogen) atoms. The molecule has 1 atom stereocenters. The number of hydrogen-bond donors (Lipinski definition) is 1. The Morgan fingerprint density at radius 3 is 2.77 bits per heavy atom. The van der Waals surface area contributed by atoms with E-state index in [1.54, 1.807) is 12.1 Å². The van der Waals surface area contributed by atoms with Gasteiger partial charge in [0.2, 0.25) is 0 Å². The van der Waals surface area contributed by atoms with E-state index < -0.39 is 0 Å². The monoisotopic (exact) mass is 325 g/mol. The summed E-state index contributed by atoms with van der Waals surface area (Å²) in [6.45, 7) is 7.64. The highest BCUT2D eigenvalue weighted by atomic mass is 35.5. The van der Waals surface area contributed by atoms with Gasteiger partial charge in [0.25, 0.3) is 0 Å². The summed E-state index contributed by atoms with van der Waals surface area (Å²) in [6, 6.07) is 6.01. The zero-order valence-electron chi connectivity index (χ0n) is 13.1. The highest BCUT2D eigenvalue weighted by Gasteiger charge is 2.37. The molecule has 3 aliphatic rings. The van der Waals surface area contributed by atoms with Gasteiger partial charge in [-0.2, -0.15) is 0 Å². The van der Waals surface area contributed by atoms with Crippen molar-refractivity contribution in [2.45, 2.75) is 32.2 Å². The molecule has 1 unspecified atom stereocenters. The molecule has 5 heteroatoms. The van der Waals surface area contributed by atoms with Gasteiger partial charge in [0.15, 0.2) is 0 Å². The number of nitrogens with zero attached hydrogens (tertiary/aromatic N) is 2. The summed E-state index contributed by atoms with van der Waals surface area (Å²) in [5, 5.41) is 3.46. The van der Waals surface area contributed by atoms with Gasteiger partial charge in [-0.05, 0) is 49.4 Å². The molecule has 4 rings (SSSR count). The maximum atomic E-state index is 13.8. The third kappa shape index (κ3) is 2.91. The van der Waals surface area contributed by atoms with E-state index in [2.05, 4.69) is 22.0 Å². The lowest BCUT2D eigenvalue weighted by molar-refractivity contribution is 0.363. The van der Waals surface area contributed by atoms with E-state index in [-0.39, 0.29) is 18.2 Å². The van der Waals surface area contributed by atoms with E-state index in [1.165, 1.54) is 24.9 Å². The van der Waals surface area contributed by atoms with Gasteiger partial charge in [0, 0.05) is 32.2 Å². The Bertz CT molecular complexity index is 541. The van der Waals surface area contributed by atoms with Gasteiger partial charge in [0.05, 0.1) is 11.4 Å². The fourth-order valence-corrected chi connectivity index (χ4v) is 3.86. The second-order valence-electron chi connectivity index (χ2n) is 7.22. The van der Waals surface area contributed by atoms with Gasteiger partial charge in [-0.15, -0.1) is 12.4 Å². The van der Waals surface area contributed by atoms with Crippen molar-refractivity contribution in [3.05, 3.63) is 24.0 Å². The average molecular weight is 326 g/mol. The number of halogens is 2. The van der Waals surface area contributed by atoms with Crippen molar-refractivity contribution in [1.82, 2.24) is 5.32 Å². The second-order valence-corrected chi connectivity index (χ2v) is 7.22. The van der Waals surface area contributed by atoms with Crippen LogP contribution in [0.4, 0.5) is 15.8 Å². The SMILES string of the molecule is CC1(CN2CCN(C3CC3)c3ccc(F)cc32)CCNC1.Cl. The molecule has 0 spiro atoms. The van der Waals surface area contributed by atoms with Crippen molar-refractivity contribution in [2.75, 3.05) is 42.5 Å². The topological polar surface area (TPSA) is 18.5 Å². The highest BCUT2D eigenvalue weighted by Crippen LogP contribution is 2.41. The normalized spacial score (nSPS) is 27.5. The summed E-state index contributed by atoms with van der Waals surface area (Å²) in [6.07, 6.45) is 3.79. The molecule has 1 aliphatic carbocycles. The fraction of sp³-hybridized carbons (Fsp3) is 0.647. The maximum Gasteiger partial charge on any atom is 0.125 e. The molecule has 3 nitrogen and oxygen atoms in total. The van der Waals surface area contributed by atoms with Crippen LogP contribution in [0.3, 0.4) is 0 Å². The Morgan fingerprint density at radius 1 is 1.27 bits per heavy atom. The number of fused-ring (bicyclic) bond motifs is 1. The van der Waals surface area contributed by atoms with Gasteiger partial charge in [-0.3, -0.25) is 0 Å². The Kier molecular flexibility index (Phi) is 4.25. The summed E-state index contributed by atoms with van der Waals surface area (Å²) in [5.74, 6) is -0.119. The predicted molar refractivity (Wildman–Crippen MR) is 91.8 cm³/mol. The Balaban J connectivity index is 0.00000144. The van der Waals surface area contributed by atoms with E-state index >= 15 is 0 Å². The van der Waals surface area contributed by atoms with Crippen molar-refractivity contribution >= 4 is 23.8 Å². The highest BCUT2D eigenvalue weighted by molar-refractivity contribution is 5.85. The van der Waals surface area contributed by atoms with Crippen LogP contribution in [-0.4, -0.2) is 38.8 Å². The minimum atomic E-state index is -0.119. The van der Waals surface area contributed by atoms with E-state index in [4.69, 9.17) is 0 Å². The first kappa shape index (κ1) is 15.9. The van der Waals surface area contributed by atoms with Gasteiger partial charge < -0.3 is 15.1 Å². The van der Waals surface area contributed by atoms with E-state index in [0.29, 0.717) is 11.5 Å². The molecular weight excluding hydrogens is 301 g/mol. The molecule has 1 aromatic carbocycles. The number of rotatable bonds is 3. The number of anilines is 2. The quantitative estimate of drug-likeness (QED) is 0.921. The smallest absolute Gasteiger partial charge is 0.125 e. The first-order valence-corrected chi connectivity index (χ1v) is 8.17. The third-order valence-corrected chi connectivity index (χ3v) is 5.22. The zero-order valence-corrected chi connectivity index (χ0v) is 14.0. The van der Waals surface area contributed by atoms with Crippen LogP contribution in [-0.2, 0) is 0 Å². The molecule has 2 aliphatic heterocycles. The molecule has 1 aromatic rings. The summed E-state index contributed by atoms with van der Waals surface area (Å²) in [7, 11) is 0. The molecule has 0 amide bonds. The largest absolute Gasteiger partial charge is 0.367 e. The Hall–Kier alpha value is -1.00. The van der Waals surface area contributed by atoms with Crippen molar-refractivity contribution in [1.29, 1.82) is 0 Å². The van der Waals surface area contributed by atoms with E-state index in [9.17, 15) is 4.39 Å². The van der Waals surface area contributed by atoms with Gasteiger partial charge in [-0.25, -0.2) is 4.39 Å². The van der Waals surface area contributed by atoms with Crippen LogP contribution in [0.2, 0.25) is 0 Å². The Labute approximate surface area is 138 Å². The molecule has 1 saturated heterocycles. The van der Waals surface area contributed by atoms with Crippen molar-refractivity contribution in [2.24, 2.45) is 5.41 Å². The lowest BCUT2D eigenvalue weighted by Gasteiger charge is -2.42. The van der Waals surface area contributed by atoms with Crippen LogP contribution >= 0.6 is 12.4 Å². The van der Waals surface area contributed by atoms with Crippen molar-refractivity contribution in [3.63, 3.8) is 0 Å². The maximum absolute atomic E-state index is 13.8. The van der Waals surface area contributed by atoms with Crippen LogP contribution in [0.1, 0.15) is 26.2 Å². The predicted octanol–water partition coefficient (Wildman–Crippen LogP) is 3.04. The third-order valence-electron chi connectivity index (χ3n) is 5.22. The van der Waals surface area contributed by atoms with Crippen LogP contribution in [0, 0.1) is 11.2 Å². The lowest BCUT2D eigenvalue weighted by atomic mass is 9.88. The molecule has 2 fully saturated rings. The molecule has 122 valence electrons. The minimum Gasteiger partial charge on any atom is -0.367 e. The standard InChI is InChI=1S/C17H24FN3.ClH/c1-17(6-7-19-11-17)12-20-8-9-21(14-3-4-14)15-5-2-13(18)10-16(15)20;/h2,5,10,14,19H,3-4,6-9,11-12H2,1H3;1H. The first-order chi connectivity index (χ1) is 10.1. The summed E-state index contributed by atoms with van der Waals surface area (Å²) < 4.78 is 13.8. The van der Waals surface area contributed by atoms with Crippen LogP contribution < -0.4 is 15.1 Å². The molecule has 0 radical (unpaired) electrons. The molecule has 2 heterocycles. The molecule has 1 saturated carbocycles. The first-order valence-electron chi connectivity index (χ1n) is 8.17. The lowest BCUT2D eigenvalue weighted by Crippen LogP contribution is -2.46. The van der Waals surface area contributed by atoms with E-state index in [0.717, 1.165) is 38.4 Å². The van der Waals surface area contributed by atoms with E-state index in [1.807, 2.05) is 6.07 Å². The molecule has 0 aromatic heterocycles. The fourth-order valence-electron chi connectivity index (χ4n) is 3.86. The van der Waals surface area contributed by atoms with Crippen LogP contribution in [0.5, 0.6) is 0 Å². The van der Waals surface area contributed by atoms with Crippen LogP contribution in [0.25, 0.3) is 0 Å². The molecular formula is C17H25ClFN3. The van der Waals surface area contributed by atoms with Crippen molar-refractivity contribution in [3.8, 4) is 0 Å².